The maximum atomic E-state index is 12.0. The van der Waals surface area contributed by atoms with Gasteiger partial charge in [-0.15, -0.1) is 0 Å². The topological polar surface area (TPSA) is 66.8 Å². The number of likely N-dealkylation sites (tertiary alicyclic amines) is 1. The molecule has 1 atom stereocenters. The van der Waals surface area contributed by atoms with Crippen LogP contribution in [0.4, 0.5) is 0 Å². The van der Waals surface area contributed by atoms with Crippen LogP contribution in [0.1, 0.15) is 31.2 Å². The molecule has 0 amide bonds. The Morgan fingerprint density at radius 3 is 2.64 bits per heavy atom. The van der Waals surface area contributed by atoms with E-state index in [-0.39, 0.29) is 12.8 Å². The van der Waals surface area contributed by atoms with Gasteiger partial charge in [0.15, 0.2) is 0 Å². The zero-order chi connectivity index (χ0) is 17.8. The first kappa shape index (κ1) is 17.4. The Morgan fingerprint density at radius 1 is 1.20 bits per heavy atom. The zero-order valence-corrected chi connectivity index (χ0v) is 14.4. The van der Waals surface area contributed by atoms with E-state index < -0.39 is 11.9 Å². The fourth-order valence-corrected chi connectivity index (χ4v) is 3.51. The first-order valence-electron chi connectivity index (χ1n) is 8.68. The lowest BCUT2D eigenvalue weighted by Crippen LogP contribution is -2.26. The van der Waals surface area contributed by atoms with Gasteiger partial charge in [-0.05, 0) is 49.9 Å². The Hall–Kier alpha value is -2.40. The van der Waals surface area contributed by atoms with Crippen molar-refractivity contribution in [2.45, 2.75) is 38.1 Å². The number of hydrogen-bond donors (Lipinski definition) is 1. The van der Waals surface area contributed by atoms with Crippen LogP contribution in [-0.2, 0) is 16.0 Å². The van der Waals surface area contributed by atoms with Crippen molar-refractivity contribution >= 4 is 22.7 Å². The first-order chi connectivity index (χ1) is 12.0. The lowest BCUT2D eigenvalue weighted by Gasteiger charge is -2.21. The molecule has 0 saturated carbocycles. The lowest BCUT2D eigenvalue weighted by atomic mass is 9.97. The van der Waals surface area contributed by atoms with Gasteiger partial charge < -0.3 is 14.7 Å². The van der Waals surface area contributed by atoms with E-state index in [2.05, 4.69) is 18.0 Å². The molecule has 1 aliphatic rings. The summed E-state index contributed by atoms with van der Waals surface area (Å²) < 4.78 is 5.49. The molecule has 0 radical (unpaired) electrons. The van der Waals surface area contributed by atoms with Gasteiger partial charge in [0.05, 0.1) is 12.8 Å². The normalized spacial score (nSPS) is 17.7. The van der Waals surface area contributed by atoms with Crippen molar-refractivity contribution in [2.75, 3.05) is 13.6 Å². The van der Waals surface area contributed by atoms with Crippen LogP contribution in [0.2, 0.25) is 0 Å². The van der Waals surface area contributed by atoms with Crippen molar-refractivity contribution in [2.24, 2.45) is 0 Å². The van der Waals surface area contributed by atoms with E-state index in [1.54, 1.807) is 6.07 Å². The number of benzene rings is 2. The smallest absolute Gasteiger partial charge is 0.311 e. The monoisotopic (exact) mass is 341 g/mol. The fraction of sp³-hybridized carbons (Fsp3) is 0.400. The number of hydrogen-bond acceptors (Lipinski definition) is 4. The number of fused-ring (bicyclic) bond motifs is 1. The van der Waals surface area contributed by atoms with E-state index in [1.165, 1.54) is 12.8 Å². The Morgan fingerprint density at radius 2 is 1.96 bits per heavy atom. The maximum Gasteiger partial charge on any atom is 0.311 e. The Bertz CT molecular complexity index is 781. The van der Waals surface area contributed by atoms with Crippen molar-refractivity contribution in [1.82, 2.24) is 4.90 Å². The molecule has 1 aliphatic heterocycles. The summed E-state index contributed by atoms with van der Waals surface area (Å²) in [6.07, 6.45) is 2.95. The van der Waals surface area contributed by atoms with E-state index >= 15 is 0 Å². The molecule has 5 nitrogen and oxygen atoms in total. The number of rotatable bonds is 6. The predicted octanol–water partition coefficient (Wildman–Crippen LogP) is 3.25. The fourth-order valence-electron chi connectivity index (χ4n) is 3.51. The molecule has 0 bridgehead atoms. The molecule has 1 N–H and O–H groups in total. The van der Waals surface area contributed by atoms with Crippen LogP contribution in [0, 0.1) is 0 Å². The quantitative estimate of drug-likeness (QED) is 0.645. The average Bonchev–Trinajstić information content (AvgIpc) is 2.98. The highest BCUT2D eigenvalue weighted by Crippen LogP contribution is 2.32. The highest BCUT2D eigenvalue weighted by molar-refractivity contribution is 5.93. The van der Waals surface area contributed by atoms with Crippen LogP contribution in [0.15, 0.2) is 36.4 Å². The van der Waals surface area contributed by atoms with Gasteiger partial charge in [-0.1, -0.05) is 30.3 Å². The third kappa shape index (κ3) is 4.17. The van der Waals surface area contributed by atoms with Gasteiger partial charge in [0, 0.05) is 11.4 Å². The Kier molecular flexibility index (Phi) is 5.34. The largest absolute Gasteiger partial charge is 0.481 e. The number of carboxylic acid groups (broad SMARTS) is 1. The summed E-state index contributed by atoms with van der Waals surface area (Å²) in [5.74, 6) is -0.994. The van der Waals surface area contributed by atoms with Crippen molar-refractivity contribution in [3.8, 4) is 5.75 Å². The zero-order valence-electron chi connectivity index (χ0n) is 14.4. The van der Waals surface area contributed by atoms with Gasteiger partial charge in [-0.2, -0.15) is 0 Å². The average molecular weight is 341 g/mol. The van der Waals surface area contributed by atoms with E-state index in [0.717, 1.165) is 29.3 Å². The molecular weight excluding hydrogens is 318 g/mol. The molecule has 0 aliphatic carbocycles. The molecule has 0 spiro atoms. The standard InChI is InChI=1S/C20H23NO4/c1-21-12-4-8-16(21)13-15-7-2-5-14-6-3-9-17(20(14)15)25-19(24)11-10-18(22)23/h2-3,5-7,9,16H,4,8,10-13H2,1H3,(H,22,23). The maximum absolute atomic E-state index is 12.0. The van der Waals surface area contributed by atoms with Crippen molar-refractivity contribution in [3.05, 3.63) is 42.0 Å². The summed E-state index contributed by atoms with van der Waals surface area (Å²) >= 11 is 0. The molecule has 1 saturated heterocycles. The molecule has 1 heterocycles. The number of ether oxygens (including phenoxy) is 1. The van der Waals surface area contributed by atoms with Crippen LogP contribution in [0.5, 0.6) is 5.75 Å². The molecule has 3 rings (SSSR count). The van der Waals surface area contributed by atoms with Crippen LogP contribution in [0.3, 0.4) is 0 Å². The van der Waals surface area contributed by atoms with E-state index in [1.807, 2.05) is 24.3 Å². The van der Waals surface area contributed by atoms with E-state index in [4.69, 9.17) is 9.84 Å². The summed E-state index contributed by atoms with van der Waals surface area (Å²) in [6, 6.07) is 12.3. The Balaban J connectivity index is 1.87. The van der Waals surface area contributed by atoms with Gasteiger partial charge in [-0.3, -0.25) is 9.59 Å². The second-order valence-corrected chi connectivity index (χ2v) is 6.62. The SMILES string of the molecule is CN1CCCC1Cc1cccc2cccc(OC(=O)CCC(=O)O)c12. The number of esters is 1. The molecule has 5 heteroatoms. The van der Waals surface area contributed by atoms with Gasteiger partial charge in [0.1, 0.15) is 5.75 Å². The van der Waals surface area contributed by atoms with Crippen molar-refractivity contribution in [3.63, 3.8) is 0 Å². The molecule has 1 unspecified atom stereocenters. The molecule has 132 valence electrons. The van der Waals surface area contributed by atoms with Gasteiger partial charge in [-0.25, -0.2) is 0 Å². The Labute approximate surface area is 147 Å². The molecule has 25 heavy (non-hydrogen) atoms. The predicted molar refractivity (Wildman–Crippen MR) is 95.8 cm³/mol. The number of aliphatic carboxylic acids is 1. The number of carbonyl (C=O) groups excluding carboxylic acids is 1. The molecule has 1 fully saturated rings. The second kappa shape index (κ2) is 7.66. The van der Waals surface area contributed by atoms with Crippen LogP contribution in [0.25, 0.3) is 10.8 Å². The minimum atomic E-state index is -1.00. The van der Waals surface area contributed by atoms with Crippen LogP contribution < -0.4 is 4.74 Å². The lowest BCUT2D eigenvalue weighted by molar-refractivity contribution is -0.142. The van der Waals surface area contributed by atoms with Gasteiger partial charge in [0.25, 0.3) is 0 Å². The second-order valence-electron chi connectivity index (χ2n) is 6.62. The minimum absolute atomic E-state index is 0.126. The summed E-state index contributed by atoms with van der Waals surface area (Å²) in [7, 11) is 2.15. The molecule has 2 aromatic rings. The van der Waals surface area contributed by atoms with Gasteiger partial charge in [0.2, 0.25) is 0 Å². The summed E-state index contributed by atoms with van der Waals surface area (Å²) in [6.45, 7) is 1.12. The van der Waals surface area contributed by atoms with Crippen molar-refractivity contribution in [1.29, 1.82) is 0 Å². The molecular formula is C20H23NO4. The molecule has 0 aromatic heterocycles. The minimum Gasteiger partial charge on any atom is -0.481 e. The van der Waals surface area contributed by atoms with Crippen LogP contribution >= 0.6 is 0 Å². The van der Waals surface area contributed by atoms with E-state index in [0.29, 0.717) is 11.8 Å². The first-order valence-corrected chi connectivity index (χ1v) is 8.68. The third-order valence-corrected chi connectivity index (χ3v) is 4.85. The van der Waals surface area contributed by atoms with Crippen LogP contribution in [-0.4, -0.2) is 41.6 Å². The highest BCUT2D eigenvalue weighted by Gasteiger charge is 2.22. The summed E-state index contributed by atoms with van der Waals surface area (Å²) in [5.41, 5.74) is 1.16. The number of nitrogens with zero attached hydrogens (tertiary/aromatic N) is 1. The number of carbonyl (C=O) groups is 2. The third-order valence-electron chi connectivity index (χ3n) is 4.85. The highest BCUT2D eigenvalue weighted by atomic mass is 16.5. The summed E-state index contributed by atoms with van der Waals surface area (Å²) in [4.78, 5) is 25.0. The van der Waals surface area contributed by atoms with Gasteiger partial charge >= 0.3 is 11.9 Å². The number of likely N-dealkylation sites (N-methyl/N-ethyl adjacent to an activating group) is 1. The number of carboxylic acids is 1. The summed E-state index contributed by atoms with van der Waals surface area (Å²) in [5, 5.41) is 10.7. The van der Waals surface area contributed by atoms with Crippen molar-refractivity contribution < 1.29 is 19.4 Å². The molecule has 2 aromatic carbocycles. The van der Waals surface area contributed by atoms with E-state index in [9.17, 15) is 9.59 Å².